The second-order valence-corrected chi connectivity index (χ2v) is 4.37. The van der Waals surface area contributed by atoms with E-state index in [0.29, 0.717) is 18.4 Å². The molecule has 0 radical (unpaired) electrons. The van der Waals surface area contributed by atoms with Crippen LogP contribution in [-0.2, 0) is 12.3 Å². The molecule has 1 N–H and O–H groups in total. The van der Waals surface area contributed by atoms with Crippen LogP contribution in [0.5, 0.6) is 0 Å². The minimum Gasteiger partial charge on any atom is -0.448 e. The maximum absolute atomic E-state index is 12.9. The van der Waals surface area contributed by atoms with Gasteiger partial charge in [-0.3, -0.25) is 0 Å². The average molecular weight is 230 g/mol. The summed E-state index contributed by atoms with van der Waals surface area (Å²) in [5.41, 5.74) is -0.279. The molecule has 0 amide bonds. The maximum atomic E-state index is 12.9. The van der Waals surface area contributed by atoms with Gasteiger partial charge in [0.25, 0.3) is 5.92 Å². The highest BCUT2D eigenvalue weighted by atomic mass is 19.3. The van der Waals surface area contributed by atoms with Crippen molar-refractivity contribution in [2.24, 2.45) is 0 Å². The minimum atomic E-state index is -2.91. The van der Waals surface area contributed by atoms with Crippen molar-refractivity contribution in [3.05, 3.63) is 17.8 Å². The highest BCUT2D eigenvalue weighted by Crippen LogP contribution is 2.26. The van der Waals surface area contributed by atoms with Crippen LogP contribution in [0, 0.1) is 0 Å². The van der Waals surface area contributed by atoms with E-state index in [0.717, 1.165) is 26.2 Å². The fourth-order valence-electron chi connectivity index (χ4n) is 1.92. The highest BCUT2D eigenvalue weighted by Gasteiger charge is 2.29. The number of halogens is 2. The number of nitrogens with zero attached hydrogens (tertiary/aromatic N) is 1. The van der Waals surface area contributed by atoms with E-state index in [1.165, 1.54) is 12.8 Å². The molecule has 5 heteroatoms. The van der Waals surface area contributed by atoms with E-state index in [2.05, 4.69) is 10.3 Å². The molecule has 2 rings (SSSR count). The molecule has 1 aromatic heterocycles. The number of oxazole rings is 1. The van der Waals surface area contributed by atoms with E-state index in [1.54, 1.807) is 0 Å². The number of alkyl halides is 2. The van der Waals surface area contributed by atoms with Crippen molar-refractivity contribution in [1.82, 2.24) is 10.3 Å². The first-order chi connectivity index (χ1) is 7.55. The summed E-state index contributed by atoms with van der Waals surface area (Å²) in [6.07, 6.45) is 5.06. The summed E-state index contributed by atoms with van der Waals surface area (Å²) in [6, 6.07) is 0.311. The summed E-state index contributed by atoms with van der Waals surface area (Å²) in [6.45, 7) is 1.82. The van der Waals surface area contributed by atoms with Crippen LogP contribution in [-0.4, -0.2) is 17.6 Å². The summed E-state index contributed by atoms with van der Waals surface area (Å²) in [5, 5.41) is 3.33. The Morgan fingerprint density at radius 1 is 1.56 bits per heavy atom. The topological polar surface area (TPSA) is 38.1 Å². The van der Waals surface area contributed by atoms with Crippen LogP contribution in [0.4, 0.5) is 8.78 Å². The molecule has 2 heterocycles. The number of nitrogens with one attached hydrogen (secondary N) is 1. The lowest BCUT2D eigenvalue weighted by Gasteiger charge is -2.21. The fraction of sp³-hybridized carbons (Fsp3) is 0.727. The largest absolute Gasteiger partial charge is 0.448 e. The SMILES string of the molecule is CC(F)(F)c1coc(CC2CCCCN2)n1. The van der Waals surface area contributed by atoms with Gasteiger partial charge in [0.05, 0.1) is 0 Å². The van der Waals surface area contributed by atoms with Gasteiger partial charge in [0.2, 0.25) is 0 Å². The van der Waals surface area contributed by atoms with E-state index in [1.807, 2.05) is 0 Å². The third-order valence-electron chi connectivity index (χ3n) is 2.83. The Labute approximate surface area is 93.2 Å². The van der Waals surface area contributed by atoms with Gasteiger partial charge in [-0.2, -0.15) is 8.78 Å². The lowest BCUT2D eigenvalue weighted by molar-refractivity contribution is 0.0126. The predicted molar refractivity (Wildman–Crippen MR) is 55.4 cm³/mol. The number of aromatic nitrogens is 1. The van der Waals surface area contributed by atoms with E-state index >= 15 is 0 Å². The van der Waals surface area contributed by atoms with Crippen LogP contribution in [0.15, 0.2) is 10.7 Å². The van der Waals surface area contributed by atoms with Crippen molar-refractivity contribution in [2.75, 3.05) is 6.54 Å². The molecule has 90 valence electrons. The molecule has 0 spiro atoms. The van der Waals surface area contributed by atoms with Crippen LogP contribution in [0.3, 0.4) is 0 Å². The molecular formula is C11H16F2N2O. The minimum absolute atomic E-state index is 0.279. The Balaban J connectivity index is 1.97. The van der Waals surface area contributed by atoms with Gasteiger partial charge < -0.3 is 9.73 Å². The van der Waals surface area contributed by atoms with Gasteiger partial charge in [0.15, 0.2) is 5.89 Å². The van der Waals surface area contributed by atoms with Crippen LogP contribution in [0.2, 0.25) is 0 Å². The Hall–Kier alpha value is -0.970. The Bertz CT molecular complexity index is 340. The van der Waals surface area contributed by atoms with Crippen molar-refractivity contribution >= 4 is 0 Å². The normalized spacial score (nSPS) is 22.3. The van der Waals surface area contributed by atoms with Crippen molar-refractivity contribution < 1.29 is 13.2 Å². The maximum Gasteiger partial charge on any atom is 0.290 e. The number of piperidine rings is 1. The van der Waals surface area contributed by atoms with Crippen molar-refractivity contribution in [2.45, 2.75) is 44.6 Å². The van der Waals surface area contributed by atoms with Crippen LogP contribution >= 0.6 is 0 Å². The molecule has 16 heavy (non-hydrogen) atoms. The summed E-state index contributed by atoms with van der Waals surface area (Å²) >= 11 is 0. The van der Waals surface area contributed by atoms with Crippen molar-refractivity contribution in [1.29, 1.82) is 0 Å². The second kappa shape index (κ2) is 4.49. The number of hydrogen-bond donors (Lipinski definition) is 1. The molecule has 3 nitrogen and oxygen atoms in total. The zero-order valence-corrected chi connectivity index (χ0v) is 9.30. The third kappa shape index (κ3) is 2.78. The van der Waals surface area contributed by atoms with E-state index < -0.39 is 5.92 Å². The van der Waals surface area contributed by atoms with E-state index in [-0.39, 0.29) is 5.69 Å². The predicted octanol–water partition coefficient (Wildman–Crippen LogP) is 2.47. The summed E-state index contributed by atoms with van der Waals surface area (Å²) in [5.74, 6) is -2.52. The molecule has 1 unspecified atom stereocenters. The quantitative estimate of drug-likeness (QED) is 0.866. The molecule has 0 aromatic carbocycles. The molecule has 0 saturated carbocycles. The molecule has 1 aliphatic rings. The lowest BCUT2D eigenvalue weighted by Crippen LogP contribution is -2.35. The average Bonchev–Trinajstić information content (AvgIpc) is 2.67. The first kappa shape index (κ1) is 11.5. The number of rotatable bonds is 3. The molecule has 1 atom stereocenters. The Morgan fingerprint density at radius 3 is 2.94 bits per heavy atom. The lowest BCUT2D eigenvalue weighted by atomic mass is 10.0. The molecule has 1 aliphatic heterocycles. The van der Waals surface area contributed by atoms with Gasteiger partial charge in [-0.05, 0) is 19.4 Å². The van der Waals surface area contributed by atoms with Gasteiger partial charge >= 0.3 is 0 Å². The summed E-state index contributed by atoms with van der Waals surface area (Å²) in [4.78, 5) is 3.82. The van der Waals surface area contributed by atoms with Gasteiger partial charge in [-0.1, -0.05) is 6.42 Å². The smallest absolute Gasteiger partial charge is 0.290 e. The Kier molecular flexibility index (Phi) is 3.23. The van der Waals surface area contributed by atoms with Gasteiger partial charge in [-0.15, -0.1) is 0 Å². The van der Waals surface area contributed by atoms with Crippen LogP contribution in [0.1, 0.15) is 37.8 Å². The number of hydrogen-bond acceptors (Lipinski definition) is 3. The van der Waals surface area contributed by atoms with Gasteiger partial charge in [0, 0.05) is 19.4 Å². The molecule has 1 saturated heterocycles. The van der Waals surface area contributed by atoms with Gasteiger partial charge in [-0.25, -0.2) is 4.98 Å². The molecule has 1 aromatic rings. The van der Waals surface area contributed by atoms with Gasteiger partial charge in [0.1, 0.15) is 12.0 Å². The van der Waals surface area contributed by atoms with Crippen LogP contribution in [0.25, 0.3) is 0 Å². The molecule has 1 fully saturated rings. The van der Waals surface area contributed by atoms with Crippen molar-refractivity contribution in [3.63, 3.8) is 0 Å². The molecule has 0 aliphatic carbocycles. The monoisotopic (exact) mass is 230 g/mol. The Morgan fingerprint density at radius 2 is 2.38 bits per heavy atom. The zero-order valence-electron chi connectivity index (χ0n) is 9.30. The molecule has 0 bridgehead atoms. The highest BCUT2D eigenvalue weighted by molar-refractivity contribution is 5.04. The van der Waals surface area contributed by atoms with Crippen molar-refractivity contribution in [3.8, 4) is 0 Å². The fourth-order valence-corrected chi connectivity index (χ4v) is 1.92. The summed E-state index contributed by atoms with van der Waals surface area (Å²) < 4.78 is 30.9. The second-order valence-electron chi connectivity index (χ2n) is 4.37. The van der Waals surface area contributed by atoms with E-state index in [4.69, 9.17) is 4.42 Å². The molecular weight excluding hydrogens is 214 g/mol. The zero-order chi connectivity index (χ0) is 11.6. The summed E-state index contributed by atoms with van der Waals surface area (Å²) in [7, 11) is 0. The first-order valence-corrected chi connectivity index (χ1v) is 5.62. The third-order valence-corrected chi connectivity index (χ3v) is 2.83. The van der Waals surface area contributed by atoms with Crippen LogP contribution < -0.4 is 5.32 Å². The van der Waals surface area contributed by atoms with E-state index in [9.17, 15) is 8.78 Å². The first-order valence-electron chi connectivity index (χ1n) is 5.62. The standard InChI is InChI=1S/C11H16F2N2O/c1-11(12,13)9-7-16-10(15-9)6-8-4-2-3-5-14-8/h7-8,14H,2-6H2,1H3.